The van der Waals surface area contributed by atoms with Crippen molar-refractivity contribution >= 4 is 5.91 Å². The minimum atomic E-state index is -4.54. The Morgan fingerprint density at radius 1 is 1.14 bits per heavy atom. The molecule has 2 aromatic heterocycles. The fraction of sp³-hybridized carbons (Fsp3) is 0.462. The van der Waals surface area contributed by atoms with Crippen LogP contribution >= 0.6 is 0 Å². The normalized spacial score (nSPS) is 17.8. The first-order valence-corrected chi connectivity index (χ1v) is 12.3. The molecule has 190 valence electrons. The summed E-state index contributed by atoms with van der Waals surface area (Å²) < 4.78 is 43.1. The summed E-state index contributed by atoms with van der Waals surface area (Å²) in [6.45, 7) is 1.88. The Labute approximate surface area is 207 Å². The zero-order valence-corrected chi connectivity index (χ0v) is 19.9. The topological polar surface area (TPSA) is 98.7 Å². The van der Waals surface area contributed by atoms with Gasteiger partial charge in [-0.3, -0.25) is 9.48 Å². The van der Waals surface area contributed by atoms with Crippen LogP contribution in [0.4, 0.5) is 13.2 Å². The highest BCUT2D eigenvalue weighted by Crippen LogP contribution is 2.48. The summed E-state index contributed by atoms with van der Waals surface area (Å²) in [7, 11) is 0. The SMILES string of the molecule is NC(=O)C1(c2cccc(CCc3nc(Cc4cnn(C5CCNCC5)c4)ncc3C(F)(F)F)c2)CC1. The van der Waals surface area contributed by atoms with Gasteiger partial charge in [-0.05, 0) is 68.3 Å². The van der Waals surface area contributed by atoms with Crippen LogP contribution in [0, 0.1) is 0 Å². The monoisotopic (exact) mass is 498 g/mol. The molecule has 3 N–H and O–H groups in total. The highest BCUT2D eigenvalue weighted by molar-refractivity contribution is 5.89. The molecule has 1 aromatic carbocycles. The van der Waals surface area contributed by atoms with Crippen molar-refractivity contribution < 1.29 is 18.0 Å². The van der Waals surface area contributed by atoms with E-state index in [9.17, 15) is 18.0 Å². The lowest BCUT2D eigenvalue weighted by molar-refractivity contribution is -0.138. The van der Waals surface area contributed by atoms with E-state index in [1.54, 1.807) is 6.20 Å². The van der Waals surface area contributed by atoms with Gasteiger partial charge in [-0.25, -0.2) is 9.97 Å². The van der Waals surface area contributed by atoms with Crippen molar-refractivity contribution in [3.05, 3.63) is 76.6 Å². The van der Waals surface area contributed by atoms with Crippen molar-refractivity contribution in [2.45, 2.75) is 62.6 Å². The van der Waals surface area contributed by atoms with Gasteiger partial charge < -0.3 is 11.1 Å². The van der Waals surface area contributed by atoms with Crippen molar-refractivity contribution in [3.63, 3.8) is 0 Å². The number of benzene rings is 1. The molecule has 7 nitrogen and oxygen atoms in total. The Morgan fingerprint density at radius 2 is 1.92 bits per heavy atom. The third kappa shape index (κ3) is 5.13. The number of nitrogens with one attached hydrogen (secondary N) is 1. The second kappa shape index (κ2) is 9.65. The molecule has 0 radical (unpaired) electrons. The number of amides is 1. The maximum atomic E-state index is 13.7. The van der Waals surface area contributed by atoms with Gasteiger partial charge in [0.25, 0.3) is 0 Å². The van der Waals surface area contributed by atoms with E-state index in [2.05, 4.69) is 20.4 Å². The maximum absolute atomic E-state index is 13.7. The average Bonchev–Trinajstić information content (AvgIpc) is 3.56. The van der Waals surface area contributed by atoms with E-state index < -0.39 is 17.2 Å². The van der Waals surface area contributed by atoms with Gasteiger partial charge >= 0.3 is 6.18 Å². The van der Waals surface area contributed by atoms with Crippen molar-refractivity contribution in [2.24, 2.45) is 5.73 Å². The number of alkyl halides is 3. The predicted molar refractivity (Wildman–Crippen MR) is 127 cm³/mol. The number of aryl methyl sites for hydroxylation is 2. The number of hydrogen-bond donors (Lipinski definition) is 2. The van der Waals surface area contributed by atoms with Gasteiger partial charge in [0.15, 0.2) is 0 Å². The van der Waals surface area contributed by atoms with Crippen LogP contribution < -0.4 is 11.1 Å². The fourth-order valence-corrected chi connectivity index (χ4v) is 4.98. The maximum Gasteiger partial charge on any atom is 0.419 e. The molecule has 36 heavy (non-hydrogen) atoms. The molecule has 5 rings (SSSR count). The van der Waals surface area contributed by atoms with Crippen molar-refractivity contribution in [1.82, 2.24) is 25.1 Å². The number of halogens is 3. The van der Waals surface area contributed by atoms with Gasteiger partial charge in [0.2, 0.25) is 5.91 Å². The van der Waals surface area contributed by atoms with E-state index in [-0.39, 0.29) is 18.0 Å². The quantitative estimate of drug-likeness (QED) is 0.495. The third-order valence-corrected chi connectivity index (χ3v) is 7.27. The van der Waals surface area contributed by atoms with Gasteiger partial charge in [0.05, 0.1) is 28.9 Å². The van der Waals surface area contributed by atoms with Crippen LogP contribution in [0.25, 0.3) is 0 Å². The minimum absolute atomic E-state index is 0.0281. The van der Waals surface area contributed by atoms with Gasteiger partial charge in [0, 0.05) is 18.8 Å². The van der Waals surface area contributed by atoms with Crippen LogP contribution in [0.5, 0.6) is 0 Å². The van der Waals surface area contributed by atoms with Crippen LogP contribution in [0.2, 0.25) is 0 Å². The van der Waals surface area contributed by atoms with Crippen molar-refractivity contribution in [3.8, 4) is 0 Å². The second-order valence-electron chi connectivity index (χ2n) is 9.78. The molecule has 2 fully saturated rings. The largest absolute Gasteiger partial charge is 0.419 e. The van der Waals surface area contributed by atoms with Crippen LogP contribution in [0.1, 0.15) is 65.5 Å². The zero-order chi connectivity index (χ0) is 25.3. The van der Waals surface area contributed by atoms with Gasteiger partial charge in [-0.15, -0.1) is 0 Å². The van der Waals surface area contributed by atoms with E-state index in [4.69, 9.17) is 5.73 Å². The van der Waals surface area contributed by atoms with Crippen LogP contribution in [-0.2, 0) is 35.6 Å². The number of hydrogen-bond acceptors (Lipinski definition) is 5. The summed E-state index contributed by atoms with van der Waals surface area (Å²) in [5, 5.41) is 7.78. The van der Waals surface area contributed by atoms with E-state index in [0.29, 0.717) is 37.5 Å². The lowest BCUT2D eigenvalue weighted by atomic mass is 9.92. The molecular weight excluding hydrogens is 469 g/mol. The summed E-state index contributed by atoms with van der Waals surface area (Å²) in [6.07, 6.45) is 4.18. The Bertz CT molecular complexity index is 1240. The standard InChI is InChI=1S/C26H29F3N6O/c27-26(28,29)21-15-32-23(13-18-14-33-35(16-18)20-6-10-31-11-7-20)34-22(21)5-4-17-2-1-3-19(12-17)25(8-9-25)24(30)36/h1-3,12,14-16,20,31H,4-11,13H2,(H2,30,36). The molecule has 0 bridgehead atoms. The number of nitrogens with zero attached hydrogens (tertiary/aromatic N) is 4. The van der Waals surface area contributed by atoms with Crippen molar-refractivity contribution in [1.29, 1.82) is 0 Å². The molecule has 0 unspecified atom stereocenters. The number of piperidine rings is 1. The third-order valence-electron chi connectivity index (χ3n) is 7.27. The molecule has 0 atom stereocenters. The first kappa shape index (κ1) is 24.4. The number of primary amides is 1. The average molecular weight is 499 g/mol. The smallest absolute Gasteiger partial charge is 0.369 e. The summed E-state index contributed by atoms with van der Waals surface area (Å²) in [5.41, 5.74) is 6.65. The predicted octanol–water partition coefficient (Wildman–Crippen LogP) is 3.51. The summed E-state index contributed by atoms with van der Waals surface area (Å²) >= 11 is 0. The van der Waals surface area contributed by atoms with E-state index in [1.165, 1.54) is 0 Å². The van der Waals surface area contributed by atoms with Crippen LogP contribution in [0.3, 0.4) is 0 Å². The molecular formula is C26H29F3N6O. The summed E-state index contributed by atoms with van der Waals surface area (Å²) in [6, 6.07) is 7.73. The summed E-state index contributed by atoms with van der Waals surface area (Å²) in [4.78, 5) is 20.2. The Morgan fingerprint density at radius 3 is 2.61 bits per heavy atom. The molecule has 3 aromatic rings. The van der Waals surface area contributed by atoms with Gasteiger partial charge in [0.1, 0.15) is 5.82 Å². The molecule has 10 heteroatoms. The number of nitrogens with two attached hydrogens (primary N) is 1. The zero-order valence-electron chi connectivity index (χ0n) is 19.9. The minimum Gasteiger partial charge on any atom is -0.369 e. The number of carbonyl (C=O) groups is 1. The molecule has 1 saturated carbocycles. The van der Waals surface area contributed by atoms with Gasteiger partial charge in [-0.1, -0.05) is 24.3 Å². The lowest BCUT2D eigenvalue weighted by Crippen LogP contribution is -2.29. The Kier molecular flexibility index (Phi) is 6.55. The van der Waals surface area contributed by atoms with Gasteiger partial charge in [-0.2, -0.15) is 18.3 Å². The van der Waals surface area contributed by atoms with E-state index in [0.717, 1.165) is 48.8 Å². The molecule has 1 amide bonds. The lowest BCUT2D eigenvalue weighted by Gasteiger charge is -2.22. The van der Waals surface area contributed by atoms with E-state index in [1.807, 2.05) is 35.1 Å². The van der Waals surface area contributed by atoms with Crippen LogP contribution in [0.15, 0.2) is 42.9 Å². The molecule has 1 aliphatic heterocycles. The van der Waals surface area contributed by atoms with Crippen LogP contribution in [-0.4, -0.2) is 38.7 Å². The summed E-state index contributed by atoms with van der Waals surface area (Å²) in [5.74, 6) is -0.0230. The Balaban J connectivity index is 1.33. The molecule has 1 saturated heterocycles. The Hall–Kier alpha value is -3.27. The number of rotatable bonds is 8. The highest BCUT2D eigenvalue weighted by atomic mass is 19.4. The van der Waals surface area contributed by atoms with E-state index >= 15 is 0 Å². The molecule has 0 spiro atoms. The molecule has 2 aliphatic rings. The second-order valence-corrected chi connectivity index (χ2v) is 9.78. The highest BCUT2D eigenvalue weighted by Gasteiger charge is 2.50. The first-order valence-electron chi connectivity index (χ1n) is 12.3. The van der Waals surface area contributed by atoms with Crippen molar-refractivity contribution in [2.75, 3.05) is 13.1 Å². The molecule has 1 aliphatic carbocycles. The fourth-order valence-electron chi connectivity index (χ4n) is 4.98. The molecule has 3 heterocycles. The first-order chi connectivity index (χ1) is 17.2. The number of carbonyl (C=O) groups excluding carboxylic acids is 1. The number of aromatic nitrogens is 4.